The third-order valence-corrected chi connectivity index (χ3v) is 6.25. The minimum atomic E-state index is -3.80. The van der Waals surface area contributed by atoms with Crippen molar-refractivity contribution in [3.8, 4) is 0 Å². The fraction of sp³-hybridized carbons (Fsp3) is 0.143. The molecule has 23 heavy (non-hydrogen) atoms. The van der Waals surface area contributed by atoms with Crippen molar-refractivity contribution in [3.05, 3.63) is 58.1 Å². The maximum atomic E-state index is 12.2. The fourth-order valence-corrected chi connectivity index (χ4v) is 4.22. The molecule has 0 fully saturated rings. The van der Waals surface area contributed by atoms with Gasteiger partial charge in [0.25, 0.3) is 0 Å². The lowest BCUT2D eigenvalue weighted by atomic mass is 10.2. The molecule has 0 bridgehead atoms. The van der Waals surface area contributed by atoms with Crippen LogP contribution in [0.25, 0.3) is 0 Å². The Bertz CT molecular complexity index is 924. The Labute approximate surface area is 145 Å². The van der Waals surface area contributed by atoms with E-state index in [1.165, 1.54) is 30.3 Å². The molecule has 0 saturated heterocycles. The molecule has 5 nitrogen and oxygen atoms in total. The van der Waals surface area contributed by atoms with Crippen LogP contribution in [0.4, 0.5) is 0 Å². The van der Waals surface area contributed by atoms with Crippen LogP contribution in [0.3, 0.4) is 0 Å². The number of rotatable bonds is 5. The molecule has 0 aliphatic rings. The number of benzene rings is 2. The van der Waals surface area contributed by atoms with E-state index in [4.69, 9.17) is 23.2 Å². The van der Waals surface area contributed by atoms with Gasteiger partial charge in [-0.05, 0) is 35.9 Å². The molecule has 1 N–H and O–H groups in total. The summed E-state index contributed by atoms with van der Waals surface area (Å²) in [7, 11) is -7.09. The van der Waals surface area contributed by atoms with Crippen LogP contribution in [0.1, 0.15) is 5.56 Å². The van der Waals surface area contributed by atoms with E-state index >= 15 is 0 Å². The van der Waals surface area contributed by atoms with E-state index in [1.54, 1.807) is 12.1 Å². The van der Waals surface area contributed by atoms with Gasteiger partial charge < -0.3 is 0 Å². The predicted octanol–water partition coefficient (Wildman–Crippen LogP) is 2.88. The third-order valence-electron chi connectivity index (χ3n) is 3.00. The van der Waals surface area contributed by atoms with Gasteiger partial charge in [-0.1, -0.05) is 35.3 Å². The number of hydrogen-bond acceptors (Lipinski definition) is 4. The summed E-state index contributed by atoms with van der Waals surface area (Å²) in [5.74, 6) is 0. The summed E-state index contributed by atoms with van der Waals surface area (Å²) in [5, 5.41) is 0.364. The minimum absolute atomic E-state index is 0.00529. The van der Waals surface area contributed by atoms with Gasteiger partial charge in [0, 0.05) is 17.8 Å². The van der Waals surface area contributed by atoms with E-state index in [1.807, 2.05) is 0 Å². The smallest absolute Gasteiger partial charge is 0.224 e. The molecule has 124 valence electrons. The van der Waals surface area contributed by atoms with Crippen molar-refractivity contribution in [1.29, 1.82) is 0 Å². The van der Waals surface area contributed by atoms with E-state index < -0.39 is 19.9 Å². The number of sulfone groups is 1. The standard InChI is InChI=1S/C14H13Cl2NO4S2/c1-22(18,19)12-5-2-10(3-6-12)9-17-23(20,21)14-7-4-11(15)8-13(14)16/h2-8,17H,9H2,1H3. The maximum Gasteiger partial charge on any atom is 0.242 e. The minimum Gasteiger partial charge on any atom is -0.224 e. The summed E-state index contributed by atoms with van der Waals surface area (Å²) < 4.78 is 49.6. The second-order valence-corrected chi connectivity index (χ2v) is 9.41. The van der Waals surface area contributed by atoms with Crippen LogP contribution in [-0.4, -0.2) is 23.1 Å². The highest BCUT2D eigenvalue weighted by molar-refractivity contribution is 7.90. The van der Waals surface area contributed by atoms with Crippen LogP contribution >= 0.6 is 23.2 Å². The van der Waals surface area contributed by atoms with E-state index in [2.05, 4.69) is 4.72 Å². The quantitative estimate of drug-likeness (QED) is 0.846. The molecule has 0 heterocycles. The summed E-state index contributed by atoms with van der Waals surface area (Å²) in [4.78, 5) is 0.0983. The van der Waals surface area contributed by atoms with Crippen LogP contribution in [0.2, 0.25) is 10.0 Å². The zero-order valence-electron chi connectivity index (χ0n) is 12.0. The molecule has 0 aliphatic carbocycles. The second kappa shape index (κ2) is 6.78. The summed E-state index contributed by atoms with van der Waals surface area (Å²) in [5.41, 5.74) is 0.617. The molecule has 0 unspecified atom stereocenters. The molecule has 0 radical (unpaired) electrons. The van der Waals surface area contributed by atoms with E-state index in [0.717, 1.165) is 6.26 Å². The van der Waals surface area contributed by atoms with Crippen molar-refractivity contribution in [1.82, 2.24) is 4.72 Å². The average molecular weight is 394 g/mol. The lowest BCUT2D eigenvalue weighted by Gasteiger charge is -2.09. The number of halogens is 2. The Hall–Kier alpha value is -1.12. The molecule has 0 spiro atoms. The van der Waals surface area contributed by atoms with Gasteiger partial charge in [0.15, 0.2) is 9.84 Å². The van der Waals surface area contributed by atoms with Crippen molar-refractivity contribution >= 4 is 43.1 Å². The molecular weight excluding hydrogens is 381 g/mol. The molecule has 9 heteroatoms. The van der Waals surface area contributed by atoms with Crippen molar-refractivity contribution < 1.29 is 16.8 Å². The zero-order valence-corrected chi connectivity index (χ0v) is 15.1. The van der Waals surface area contributed by atoms with Gasteiger partial charge in [-0.3, -0.25) is 0 Å². The summed E-state index contributed by atoms with van der Waals surface area (Å²) in [6.45, 7) is 0.00529. The molecule has 0 aliphatic heterocycles. The second-order valence-electron chi connectivity index (χ2n) is 4.82. The van der Waals surface area contributed by atoms with E-state index in [9.17, 15) is 16.8 Å². The third kappa shape index (κ3) is 4.68. The summed E-state index contributed by atoms with van der Waals surface area (Å²) >= 11 is 11.6. The first kappa shape index (κ1) is 18.2. The first-order valence-electron chi connectivity index (χ1n) is 6.33. The van der Waals surface area contributed by atoms with Crippen molar-refractivity contribution in [2.75, 3.05) is 6.26 Å². The van der Waals surface area contributed by atoms with Crippen LogP contribution in [0.15, 0.2) is 52.3 Å². The van der Waals surface area contributed by atoms with E-state index in [0.29, 0.717) is 10.6 Å². The number of sulfonamides is 1. The molecule has 0 aromatic heterocycles. The van der Waals surface area contributed by atoms with Gasteiger partial charge in [0.2, 0.25) is 10.0 Å². The molecular formula is C14H13Cl2NO4S2. The van der Waals surface area contributed by atoms with Crippen LogP contribution < -0.4 is 4.72 Å². The van der Waals surface area contributed by atoms with Gasteiger partial charge in [-0.15, -0.1) is 0 Å². The molecule has 2 aromatic rings. The monoisotopic (exact) mass is 393 g/mol. The number of hydrogen-bond donors (Lipinski definition) is 1. The first-order valence-corrected chi connectivity index (χ1v) is 10.5. The Kier molecular flexibility index (Phi) is 5.37. The summed E-state index contributed by atoms with van der Waals surface area (Å²) in [6.07, 6.45) is 1.10. The molecule has 0 saturated carbocycles. The van der Waals surface area contributed by atoms with Gasteiger partial charge in [0.05, 0.1) is 9.92 Å². The van der Waals surface area contributed by atoms with Crippen molar-refractivity contribution in [3.63, 3.8) is 0 Å². The van der Waals surface area contributed by atoms with Gasteiger partial charge in [-0.2, -0.15) is 0 Å². The highest BCUT2D eigenvalue weighted by atomic mass is 35.5. The van der Waals surface area contributed by atoms with E-state index in [-0.39, 0.29) is 21.4 Å². The van der Waals surface area contributed by atoms with Crippen molar-refractivity contribution in [2.24, 2.45) is 0 Å². The highest BCUT2D eigenvalue weighted by Gasteiger charge is 2.18. The summed E-state index contributed by atoms with van der Waals surface area (Å²) in [6, 6.07) is 10.0. The first-order chi connectivity index (χ1) is 10.6. The topological polar surface area (TPSA) is 80.3 Å². The van der Waals surface area contributed by atoms with Crippen LogP contribution in [0, 0.1) is 0 Å². The average Bonchev–Trinajstić information content (AvgIpc) is 2.44. The SMILES string of the molecule is CS(=O)(=O)c1ccc(CNS(=O)(=O)c2ccc(Cl)cc2Cl)cc1. The molecule has 0 atom stereocenters. The highest BCUT2D eigenvalue weighted by Crippen LogP contribution is 2.25. The Balaban J connectivity index is 2.16. The molecule has 2 aromatic carbocycles. The molecule has 2 rings (SSSR count). The van der Waals surface area contributed by atoms with Crippen molar-refractivity contribution in [2.45, 2.75) is 16.3 Å². The number of nitrogens with one attached hydrogen (secondary N) is 1. The van der Waals surface area contributed by atoms with Crippen LogP contribution in [0.5, 0.6) is 0 Å². The largest absolute Gasteiger partial charge is 0.242 e. The maximum absolute atomic E-state index is 12.2. The molecule has 0 amide bonds. The lowest BCUT2D eigenvalue weighted by molar-refractivity contribution is 0.581. The Morgan fingerprint density at radius 2 is 1.57 bits per heavy atom. The fourth-order valence-electron chi connectivity index (χ4n) is 1.80. The predicted molar refractivity (Wildman–Crippen MR) is 90.0 cm³/mol. The Morgan fingerprint density at radius 3 is 2.09 bits per heavy atom. The normalized spacial score (nSPS) is 12.3. The Morgan fingerprint density at radius 1 is 0.957 bits per heavy atom. The van der Waals surface area contributed by atoms with Crippen LogP contribution in [-0.2, 0) is 26.4 Å². The van der Waals surface area contributed by atoms with Gasteiger partial charge in [-0.25, -0.2) is 21.6 Å². The van der Waals surface area contributed by atoms with Gasteiger partial charge >= 0.3 is 0 Å². The zero-order chi connectivity index (χ0) is 17.3. The van der Waals surface area contributed by atoms with Gasteiger partial charge in [0.1, 0.15) is 4.90 Å². The lowest BCUT2D eigenvalue weighted by Crippen LogP contribution is -2.23.